The Morgan fingerprint density at radius 1 is 1.00 bits per heavy atom. The Kier molecular flexibility index (Phi) is 3.72. The topological polar surface area (TPSA) is 56.3 Å². The zero-order chi connectivity index (χ0) is 19.3. The van der Waals surface area contributed by atoms with Gasteiger partial charge in [0.15, 0.2) is 0 Å². The number of H-pyrrole nitrogens is 1. The normalized spacial score (nSPS) is 14.5. The average Bonchev–Trinajstić information content (AvgIpc) is 3.27. The molecule has 28 heavy (non-hydrogen) atoms. The van der Waals surface area contributed by atoms with Gasteiger partial charge in [-0.2, -0.15) is 0 Å². The molecule has 0 spiro atoms. The predicted octanol–water partition coefficient (Wildman–Crippen LogP) is 4.93. The van der Waals surface area contributed by atoms with Crippen molar-refractivity contribution in [2.24, 2.45) is 0 Å². The monoisotopic (exact) mass is 368 g/mol. The minimum Gasteiger partial charge on any atom is -0.508 e. The summed E-state index contributed by atoms with van der Waals surface area (Å²) in [6.45, 7) is 2.51. The van der Waals surface area contributed by atoms with E-state index in [9.17, 15) is 9.90 Å². The number of fused-ring (bicyclic) bond motifs is 2. The van der Waals surface area contributed by atoms with Gasteiger partial charge in [0.25, 0.3) is 5.91 Å². The van der Waals surface area contributed by atoms with Gasteiger partial charge in [-0.15, -0.1) is 0 Å². The largest absolute Gasteiger partial charge is 0.508 e. The number of nitrogens with zero attached hydrogens (tertiary/aromatic N) is 1. The molecule has 0 aliphatic carbocycles. The number of phenolic OH excluding ortho intramolecular Hbond substituents is 1. The molecule has 1 aromatic heterocycles. The van der Waals surface area contributed by atoms with Crippen LogP contribution < -0.4 is 0 Å². The first-order valence-corrected chi connectivity index (χ1v) is 9.38. The zero-order valence-corrected chi connectivity index (χ0v) is 15.5. The van der Waals surface area contributed by atoms with Crippen LogP contribution in [0.5, 0.6) is 5.75 Å². The van der Waals surface area contributed by atoms with E-state index in [1.165, 1.54) is 0 Å². The molecule has 4 aromatic rings. The Hall–Kier alpha value is -3.53. The van der Waals surface area contributed by atoms with Crippen LogP contribution in [0.2, 0.25) is 0 Å². The Morgan fingerprint density at radius 3 is 2.61 bits per heavy atom. The van der Waals surface area contributed by atoms with Gasteiger partial charge in [0.05, 0.1) is 0 Å². The van der Waals surface area contributed by atoms with Gasteiger partial charge in [0.1, 0.15) is 11.8 Å². The van der Waals surface area contributed by atoms with Crippen LogP contribution in [0.25, 0.3) is 10.9 Å². The molecule has 1 aliphatic heterocycles. The second kappa shape index (κ2) is 6.27. The molecule has 0 unspecified atom stereocenters. The maximum absolute atomic E-state index is 13.2. The lowest BCUT2D eigenvalue weighted by Gasteiger charge is -2.28. The molecule has 2 N–H and O–H groups in total. The highest BCUT2D eigenvalue weighted by atomic mass is 16.3. The molecule has 0 saturated carbocycles. The number of carbonyl (C=O) groups is 1. The summed E-state index contributed by atoms with van der Waals surface area (Å²) >= 11 is 0. The van der Waals surface area contributed by atoms with Crippen molar-refractivity contribution in [3.63, 3.8) is 0 Å². The quantitative estimate of drug-likeness (QED) is 0.539. The maximum atomic E-state index is 13.2. The summed E-state index contributed by atoms with van der Waals surface area (Å²) in [5.74, 6) is 0.179. The third-order valence-corrected chi connectivity index (χ3v) is 5.48. The third kappa shape index (κ3) is 2.57. The van der Waals surface area contributed by atoms with Gasteiger partial charge in [-0.3, -0.25) is 4.79 Å². The highest BCUT2D eigenvalue weighted by Crippen LogP contribution is 2.40. The van der Waals surface area contributed by atoms with E-state index in [-0.39, 0.29) is 11.7 Å². The number of rotatable bonds is 3. The second-order valence-electron chi connectivity index (χ2n) is 7.37. The summed E-state index contributed by atoms with van der Waals surface area (Å²) in [6, 6.07) is 23.0. The van der Waals surface area contributed by atoms with E-state index in [0.717, 1.165) is 38.9 Å². The van der Waals surface area contributed by atoms with Crippen LogP contribution in [0.1, 0.15) is 38.8 Å². The Bertz CT molecular complexity index is 1180. The van der Waals surface area contributed by atoms with Crippen molar-refractivity contribution < 1.29 is 9.90 Å². The Balaban J connectivity index is 1.69. The van der Waals surface area contributed by atoms with E-state index in [1.54, 1.807) is 6.07 Å². The molecule has 0 saturated heterocycles. The van der Waals surface area contributed by atoms with Crippen molar-refractivity contribution >= 4 is 16.8 Å². The number of hydrogen-bond donors (Lipinski definition) is 2. The van der Waals surface area contributed by atoms with Gasteiger partial charge in [-0.05, 0) is 48.2 Å². The first-order valence-electron chi connectivity index (χ1n) is 9.38. The molecule has 2 heterocycles. The standard InChI is InChI=1S/C24H20N2O2/c1-15-10-11-22(27)19(12-15)23(21-13-16-6-3-5-9-20(16)25-21)26-14-17-7-2-4-8-18(17)24(26)28/h2-13,23,25,27H,14H2,1H3/t23-/m1/s1. The molecular weight excluding hydrogens is 348 g/mol. The molecular formula is C24H20N2O2. The Labute approximate surface area is 163 Å². The molecule has 1 atom stereocenters. The van der Waals surface area contributed by atoms with Crippen LogP contribution in [0.3, 0.4) is 0 Å². The fraction of sp³-hybridized carbons (Fsp3) is 0.125. The van der Waals surface area contributed by atoms with Crippen LogP contribution >= 0.6 is 0 Å². The summed E-state index contributed by atoms with van der Waals surface area (Å²) in [4.78, 5) is 18.5. The van der Waals surface area contributed by atoms with E-state index in [0.29, 0.717) is 6.54 Å². The number of amides is 1. The number of aromatic hydroxyl groups is 1. The molecule has 4 heteroatoms. The number of carbonyl (C=O) groups excluding carboxylic acids is 1. The molecule has 1 amide bonds. The number of nitrogens with one attached hydrogen (secondary N) is 1. The van der Waals surface area contributed by atoms with Crippen LogP contribution in [-0.4, -0.2) is 20.9 Å². The van der Waals surface area contributed by atoms with Gasteiger partial charge in [0, 0.05) is 28.9 Å². The first-order chi connectivity index (χ1) is 13.6. The summed E-state index contributed by atoms with van der Waals surface area (Å²) in [7, 11) is 0. The van der Waals surface area contributed by atoms with Crippen LogP contribution in [0.15, 0.2) is 72.8 Å². The number of aryl methyl sites for hydroxylation is 1. The SMILES string of the molecule is Cc1ccc(O)c([C@H](c2cc3ccccc3[nH]2)N2Cc3ccccc3C2=O)c1. The summed E-state index contributed by atoms with van der Waals surface area (Å²) in [6.07, 6.45) is 0. The fourth-order valence-corrected chi connectivity index (χ4v) is 4.12. The smallest absolute Gasteiger partial charge is 0.255 e. The molecule has 4 nitrogen and oxygen atoms in total. The minimum atomic E-state index is -0.396. The zero-order valence-electron chi connectivity index (χ0n) is 15.5. The van der Waals surface area contributed by atoms with Gasteiger partial charge in [-0.25, -0.2) is 0 Å². The third-order valence-electron chi connectivity index (χ3n) is 5.48. The van der Waals surface area contributed by atoms with Crippen molar-refractivity contribution in [2.45, 2.75) is 19.5 Å². The summed E-state index contributed by atoms with van der Waals surface area (Å²) in [5, 5.41) is 11.7. The van der Waals surface area contributed by atoms with Gasteiger partial charge < -0.3 is 15.0 Å². The van der Waals surface area contributed by atoms with Crippen LogP contribution in [-0.2, 0) is 6.54 Å². The van der Waals surface area contributed by atoms with E-state index in [4.69, 9.17) is 0 Å². The molecule has 0 radical (unpaired) electrons. The van der Waals surface area contributed by atoms with E-state index < -0.39 is 6.04 Å². The van der Waals surface area contributed by atoms with Gasteiger partial charge >= 0.3 is 0 Å². The first kappa shape index (κ1) is 16.6. The lowest BCUT2D eigenvalue weighted by atomic mass is 9.98. The molecule has 0 bridgehead atoms. The second-order valence-corrected chi connectivity index (χ2v) is 7.37. The summed E-state index contributed by atoms with van der Waals surface area (Å²) in [5.41, 5.74) is 5.42. The molecule has 3 aromatic carbocycles. The predicted molar refractivity (Wildman–Crippen MR) is 109 cm³/mol. The van der Waals surface area contributed by atoms with Crippen molar-refractivity contribution in [2.75, 3.05) is 0 Å². The number of hydrogen-bond acceptors (Lipinski definition) is 2. The number of benzene rings is 3. The van der Waals surface area contributed by atoms with Crippen LogP contribution in [0.4, 0.5) is 0 Å². The Morgan fingerprint density at radius 2 is 1.79 bits per heavy atom. The highest BCUT2D eigenvalue weighted by Gasteiger charge is 2.36. The number of aromatic amines is 1. The van der Waals surface area contributed by atoms with Crippen molar-refractivity contribution in [1.29, 1.82) is 0 Å². The lowest BCUT2D eigenvalue weighted by molar-refractivity contribution is 0.0727. The molecule has 138 valence electrons. The van der Waals surface area contributed by atoms with Gasteiger partial charge in [0.2, 0.25) is 0 Å². The van der Waals surface area contributed by atoms with Crippen molar-refractivity contribution in [1.82, 2.24) is 9.88 Å². The number of aromatic nitrogens is 1. The summed E-state index contributed by atoms with van der Waals surface area (Å²) < 4.78 is 0. The van der Waals surface area contributed by atoms with Gasteiger partial charge in [-0.1, -0.05) is 48.0 Å². The van der Waals surface area contributed by atoms with Crippen LogP contribution in [0, 0.1) is 6.92 Å². The highest BCUT2D eigenvalue weighted by molar-refractivity contribution is 5.99. The number of para-hydroxylation sites is 1. The lowest BCUT2D eigenvalue weighted by Crippen LogP contribution is -2.30. The van der Waals surface area contributed by atoms with E-state index in [1.807, 2.05) is 72.5 Å². The average molecular weight is 368 g/mol. The van der Waals surface area contributed by atoms with Crippen molar-refractivity contribution in [3.05, 3.63) is 101 Å². The van der Waals surface area contributed by atoms with E-state index >= 15 is 0 Å². The minimum absolute atomic E-state index is 0.0137. The maximum Gasteiger partial charge on any atom is 0.255 e. The number of phenols is 1. The fourth-order valence-electron chi connectivity index (χ4n) is 4.12. The molecule has 5 rings (SSSR count). The van der Waals surface area contributed by atoms with E-state index in [2.05, 4.69) is 11.1 Å². The van der Waals surface area contributed by atoms with Crippen molar-refractivity contribution in [3.8, 4) is 5.75 Å². The molecule has 1 aliphatic rings. The molecule has 0 fully saturated rings.